The molecule has 1 aromatic carbocycles. The van der Waals surface area contributed by atoms with Gasteiger partial charge in [0.1, 0.15) is 11.8 Å². The number of hydrazine groups is 1. The van der Waals surface area contributed by atoms with E-state index in [0.29, 0.717) is 0 Å². The SMILES string of the molecule is COc1cccc(NC(=O)C2CCNN2)c1. The van der Waals surface area contributed by atoms with Gasteiger partial charge in [0.05, 0.1) is 7.11 Å². The molecule has 1 atom stereocenters. The third-order valence-corrected chi connectivity index (χ3v) is 2.49. The van der Waals surface area contributed by atoms with Gasteiger partial charge in [0, 0.05) is 18.3 Å². The van der Waals surface area contributed by atoms with E-state index in [4.69, 9.17) is 4.74 Å². The number of ether oxygens (including phenoxy) is 1. The van der Waals surface area contributed by atoms with Crippen LogP contribution in [0.3, 0.4) is 0 Å². The minimum Gasteiger partial charge on any atom is -0.497 e. The number of hydrogen-bond acceptors (Lipinski definition) is 4. The zero-order valence-electron chi connectivity index (χ0n) is 9.12. The molecule has 0 aliphatic carbocycles. The Balaban J connectivity index is 1.99. The highest BCUT2D eigenvalue weighted by Gasteiger charge is 2.21. The number of anilines is 1. The van der Waals surface area contributed by atoms with Crippen molar-refractivity contribution in [2.75, 3.05) is 19.0 Å². The summed E-state index contributed by atoms with van der Waals surface area (Å²) in [6, 6.07) is 7.15. The Bertz CT molecular complexity index is 375. The van der Waals surface area contributed by atoms with Gasteiger partial charge >= 0.3 is 0 Å². The molecule has 0 bridgehead atoms. The number of methoxy groups -OCH3 is 1. The first-order chi connectivity index (χ1) is 7.79. The molecule has 0 spiro atoms. The Kier molecular flexibility index (Phi) is 3.38. The molecule has 1 saturated heterocycles. The van der Waals surface area contributed by atoms with Gasteiger partial charge in [0.15, 0.2) is 0 Å². The second kappa shape index (κ2) is 4.96. The maximum Gasteiger partial charge on any atom is 0.242 e. The number of carbonyl (C=O) groups is 1. The van der Waals surface area contributed by atoms with Crippen LogP contribution in [0.1, 0.15) is 6.42 Å². The molecule has 0 radical (unpaired) electrons. The molecule has 1 aliphatic rings. The Morgan fingerprint density at radius 1 is 1.56 bits per heavy atom. The van der Waals surface area contributed by atoms with Crippen LogP contribution in [0.5, 0.6) is 5.75 Å². The average Bonchev–Trinajstić information content (AvgIpc) is 2.83. The van der Waals surface area contributed by atoms with Gasteiger partial charge in [0.2, 0.25) is 5.91 Å². The minimum atomic E-state index is -0.161. The van der Waals surface area contributed by atoms with E-state index >= 15 is 0 Å². The van der Waals surface area contributed by atoms with Crippen LogP contribution in [0, 0.1) is 0 Å². The molecule has 3 N–H and O–H groups in total. The van der Waals surface area contributed by atoms with Gasteiger partial charge in [-0.05, 0) is 18.6 Å². The normalized spacial score (nSPS) is 19.4. The summed E-state index contributed by atoms with van der Waals surface area (Å²) in [5, 5.41) is 2.84. The van der Waals surface area contributed by atoms with Crippen molar-refractivity contribution in [3.8, 4) is 5.75 Å². The highest BCUT2D eigenvalue weighted by molar-refractivity contribution is 5.95. The van der Waals surface area contributed by atoms with E-state index in [0.717, 1.165) is 24.4 Å². The van der Waals surface area contributed by atoms with Gasteiger partial charge in [-0.3, -0.25) is 10.2 Å². The predicted molar refractivity (Wildman–Crippen MR) is 61.2 cm³/mol. The van der Waals surface area contributed by atoms with Crippen molar-refractivity contribution in [3.05, 3.63) is 24.3 Å². The van der Waals surface area contributed by atoms with Gasteiger partial charge in [-0.2, -0.15) is 0 Å². The fourth-order valence-corrected chi connectivity index (χ4v) is 1.61. The summed E-state index contributed by atoms with van der Waals surface area (Å²) < 4.78 is 5.08. The smallest absolute Gasteiger partial charge is 0.242 e. The highest BCUT2D eigenvalue weighted by atomic mass is 16.5. The number of nitrogens with one attached hydrogen (secondary N) is 3. The molecule has 1 amide bonds. The topological polar surface area (TPSA) is 62.4 Å². The third-order valence-electron chi connectivity index (χ3n) is 2.49. The summed E-state index contributed by atoms with van der Waals surface area (Å²) >= 11 is 0. The highest BCUT2D eigenvalue weighted by Crippen LogP contribution is 2.17. The molecule has 1 aliphatic heterocycles. The molecule has 0 aromatic heterocycles. The second-order valence-corrected chi connectivity index (χ2v) is 3.63. The lowest BCUT2D eigenvalue weighted by Crippen LogP contribution is -2.39. The number of carbonyl (C=O) groups excluding carboxylic acids is 1. The van der Waals surface area contributed by atoms with Gasteiger partial charge in [-0.1, -0.05) is 6.07 Å². The molecule has 1 heterocycles. The Morgan fingerprint density at radius 3 is 3.12 bits per heavy atom. The average molecular weight is 221 g/mol. The van der Waals surface area contributed by atoms with Crippen molar-refractivity contribution in [1.82, 2.24) is 10.9 Å². The summed E-state index contributed by atoms with van der Waals surface area (Å²) in [6.45, 7) is 0.816. The van der Waals surface area contributed by atoms with Crippen molar-refractivity contribution in [2.24, 2.45) is 0 Å². The summed E-state index contributed by atoms with van der Waals surface area (Å²) in [6.07, 6.45) is 0.801. The van der Waals surface area contributed by atoms with Crippen LogP contribution in [0.15, 0.2) is 24.3 Å². The maximum absolute atomic E-state index is 11.8. The zero-order chi connectivity index (χ0) is 11.4. The first-order valence-corrected chi connectivity index (χ1v) is 5.23. The van der Waals surface area contributed by atoms with Crippen LogP contribution >= 0.6 is 0 Å². The van der Waals surface area contributed by atoms with E-state index in [9.17, 15) is 4.79 Å². The zero-order valence-corrected chi connectivity index (χ0v) is 9.12. The fraction of sp³-hybridized carbons (Fsp3) is 0.364. The van der Waals surface area contributed by atoms with Crippen LogP contribution in [0.4, 0.5) is 5.69 Å². The summed E-state index contributed by atoms with van der Waals surface area (Å²) in [5.74, 6) is 0.702. The quantitative estimate of drug-likeness (QED) is 0.695. The molecule has 1 unspecified atom stereocenters. The molecule has 2 rings (SSSR count). The van der Waals surface area contributed by atoms with Gasteiger partial charge in [-0.25, -0.2) is 5.43 Å². The lowest BCUT2D eigenvalue weighted by atomic mass is 10.2. The minimum absolute atomic E-state index is 0.0294. The van der Waals surface area contributed by atoms with E-state index < -0.39 is 0 Å². The van der Waals surface area contributed by atoms with Gasteiger partial charge < -0.3 is 10.1 Å². The number of benzene rings is 1. The summed E-state index contributed by atoms with van der Waals surface area (Å²) in [7, 11) is 1.60. The Morgan fingerprint density at radius 2 is 2.44 bits per heavy atom. The maximum atomic E-state index is 11.8. The van der Waals surface area contributed by atoms with Gasteiger partial charge in [0.25, 0.3) is 0 Å². The van der Waals surface area contributed by atoms with E-state index in [-0.39, 0.29) is 11.9 Å². The van der Waals surface area contributed by atoms with Crippen LogP contribution in [0.25, 0.3) is 0 Å². The number of rotatable bonds is 3. The van der Waals surface area contributed by atoms with Gasteiger partial charge in [-0.15, -0.1) is 0 Å². The molecule has 1 fully saturated rings. The molecule has 86 valence electrons. The molecule has 5 nitrogen and oxygen atoms in total. The fourth-order valence-electron chi connectivity index (χ4n) is 1.61. The van der Waals surface area contributed by atoms with Crippen molar-refractivity contribution in [1.29, 1.82) is 0 Å². The molecule has 0 saturated carbocycles. The predicted octanol–water partition coefficient (Wildman–Crippen LogP) is 0.500. The number of amides is 1. The summed E-state index contributed by atoms with van der Waals surface area (Å²) in [4.78, 5) is 11.8. The largest absolute Gasteiger partial charge is 0.497 e. The van der Waals surface area contributed by atoms with Crippen molar-refractivity contribution in [3.63, 3.8) is 0 Å². The first-order valence-electron chi connectivity index (χ1n) is 5.23. The molecule has 16 heavy (non-hydrogen) atoms. The molecule has 5 heteroatoms. The van der Waals surface area contributed by atoms with E-state index in [1.165, 1.54) is 0 Å². The molecular weight excluding hydrogens is 206 g/mol. The van der Waals surface area contributed by atoms with Crippen LogP contribution in [0.2, 0.25) is 0 Å². The lowest BCUT2D eigenvalue weighted by molar-refractivity contribution is -0.117. The second-order valence-electron chi connectivity index (χ2n) is 3.63. The Hall–Kier alpha value is -1.59. The van der Waals surface area contributed by atoms with Crippen molar-refractivity contribution in [2.45, 2.75) is 12.5 Å². The van der Waals surface area contributed by atoms with Crippen molar-refractivity contribution < 1.29 is 9.53 Å². The molecule has 1 aromatic rings. The lowest BCUT2D eigenvalue weighted by Gasteiger charge is -2.11. The van der Waals surface area contributed by atoms with Crippen molar-refractivity contribution >= 4 is 11.6 Å². The Labute approximate surface area is 94.1 Å². The van der Waals surface area contributed by atoms with E-state index in [2.05, 4.69) is 16.2 Å². The summed E-state index contributed by atoms with van der Waals surface area (Å²) in [5.41, 5.74) is 6.59. The van der Waals surface area contributed by atoms with Crippen LogP contribution < -0.4 is 20.9 Å². The third kappa shape index (κ3) is 2.50. The van der Waals surface area contributed by atoms with Crippen LogP contribution in [-0.4, -0.2) is 25.6 Å². The van der Waals surface area contributed by atoms with E-state index in [1.807, 2.05) is 18.2 Å². The molecular formula is C11H15N3O2. The van der Waals surface area contributed by atoms with Crippen LogP contribution in [-0.2, 0) is 4.79 Å². The number of hydrogen-bond donors (Lipinski definition) is 3. The van der Waals surface area contributed by atoms with E-state index in [1.54, 1.807) is 13.2 Å². The monoisotopic (exact) mass is 221 g/mol. The standard InChI is InChI=1S/C11H15N3O2/c1-16-9-4-2-3-8(7-9)13-11(15)10-5-6-12-14-10/h2-4,7,10,12,14H,5-6H2,1H3,(H,13,15). The first kappa shape index (κ1) is 10.9.